The largest absolute Gasteiger partial charge is 0.480 e. The lowest BCUT2D eigenvalue weighted by atomic mass is 10.2. The Hall–Kier alpha value is -1.04. The first-order valence-corrected chi connectivity index (χ1v) is 5.21. The minimum atomic E-state index is -0.839. The third kappa shape index (κ3) is 2.73. The van der Waals surface area contributed by atoms with Crippen molar-refractivity contribution < 1.29 is 9.90 Å². The fourth-order valence-corrected chi connectivity index (χ4v) is 1.46. The van der Waals surface area contributed by atoms with E-state index in [1.807, 2.05) is 6.26 Å². The van der Waals surface area contributed by atoms with Gasteiger partial charge in [-0.15, -0.1) is 10.2 Å². The monoisotopic (exact) mass is 201 g/mol. The van der Waals surface area contributed by atoms with Crippen LogP contribution in [0, 0.1) is 0 Å². The van der Waals surface area contributed by atoms with E-state index in [2.05, 4.69) is 10.2 Å². The molecular formula is C7H11N3O2S. The summed E-state index contributed by atoms with van der Waals surface area (Å²) in [6.45, 7) is 0. The van der Waals surface area contributed by atoms with E-state index in [1.165, 1.54) is 17.2 Å². The van der Waals surface area contributed by atoms with Crippen molar-refractivity contribution in [2.24, 2.45) is 0 Å². The van der Waals surface area contributed by atoms with E-state index in [9.17, 15) is 4.79 Å². The average Bonchev–Trinajstić information content (AvgIpc) is 2.57. The fraction of sp³-hybridized carbons (Fsp3) is 0.571. The Bertz CT molecular complexity index is 263. The predicted octanol–water partition coefficient (Wildman–Crippen LogP) is 0.657. The molecule has 0 aliphatic carbocycles. The van der Waals surface area contributed by atoms with Crippen molar-refractivity contribution in [2.45, 2.75) is 12.5 Å². The predicted molar refractivity (Wildman–Crippen MR) is 49.7 cm³/mol. The van der Waals surface area contributed by atoms with Crippen LogP contribution in [-0.2, 0) is 4.79 Å². The molecule has 1 unspecified atom stereocenters. The summed E-state index contributed by atoms with van der Waals surface area (Å²) in [7, 11) is 0. The van der Waals surface area contributed by atoms with Crippen molar-refractivity contribution in [1.82, 2.24) is 14.8 Å². The zero-order valence-electron chi connectivity index (χ0n) is 7.25. The van der Waals surface area contributed by atoms with E-state index < -0.39 is 12.0 Å². The van der Waals surface area contributed by atoms with Crippen molar-refractivity contribution in [3.05, 3.63) is 12.7 Å². The van der Waals surface area contributed by atoms with Crippen LogP contribution in [0.25, 0.3) is 0 Å². The highest BCUT2D eigenvalue weighted by Gasteiger charge is 2.18. The van der Waals surface area contributed by atoms with Gasteiger partial charge in [0, 0.05) is 0 Å². The second-order valence-corrected chi connectivity index (χ2v) is 3.53. The van der Waals surface area contributed by atoms with E-state index in [0.29, 0.717) is 6.42 Å². The Balaban J connectivity index is 2.63. The number of aromatic nitrogens is 3. The van der Waals surface area contributed by atoms with Crippen LogP contribution in [0.4, 0.5) is 0 Å². The Kier molecular flexibility index (Phi) is 3.75. The second kappa shape index (κ2) is 4.86. The summed E-state index contributed by atoms with van der Waals surface area (Å²) in [6, 6.07) is -0.539. The molecule has 13 heavy (non-hydrogen) atoms. The second-order valence-electron chi connectivity index (χ2n) is 2.54. The minimum absolute atomic E-state index is 0.539. The summed E-state index contributed by atoms with van der Waals surface area (Å²) < 4.78 is 1.51. The van der Waals surface area contributed by atoms with Gasteiger partial charge >= 0.3 is 5.97 Å². The highest BCUT2D eigenvalue weighted by atomic mass is 32.2. The first-order valence-electron chi connectivity index (χ1n) is 3.81. The molecule has 1 atom stereocenters. The highest BCUT2D eigenvalue weighted by Crippen LogP contribution is 2.13. The molecule has 1 rings (SSSR count). The van der Waals surface area contributed by atoms with Gasteiger partial charge in [0.25, 0.3) is 0 Å². The van der Waals surface area contributed by atoms with Gasteiger partial charge in [0.1, 0.15) is 18.7 Å². The van der Waals surface area contributed by atoms with Crippen LogP contribution >= 0.6 is 11.8 Å². The van der Waals surface area contributed by atoms with Crippen molar-refractivity contribution in [1.29, 1.82) is 0 Å². The van der Waals surface area contributed by atoms with Gasteiger partial charge in [-0.25, -0.2) is 4.79 Å². The van der Waals surface area contributed by atoms with Gasteiger partial charge in [-0.3, -0.25) is 0 Å². The Morgan fingerprint density at radius 3 is 2.69 bits per heavy atom. The smallest absolute Gasteiger partial charge is 0.326 e. The maximum absolute atomic E-state index is 10.8. The summed E-state index contributed by atoms with van der Waals surface area (Å²) in [5.41, 5.74) is 0. The molecule has 0 saturated carbocycles. The molecule has 0 aromatic carbocycles. The van der Waals surface area contributed by atoms with Gasteiger partial charge in [-0.05, 0) is 18.4 Å². The quantitative estimate of drug-likeness (QED) is 0.757. The third-order valence-electron chi connectivity index (χ3n) is 1.68. The SMILES string of the molecule is CSCCC(C(=O)O)n1cnnc1. The van der Waals surface area contributed by atoms with E-state index in [0.717, 1.165) is 5.75 Å². The van der Waals surface area contributed by atoms with Crippen LogP contribution in [0.15, 0.2) is 12.7 Å². The van der Waals surface area contributed by atoms with Gasteiger partial charge in [0.15, 0.2) is 0 Å². The number of carboxylic acids is 1. The van der Waals surface area contributed by atoms with Crippen LogP contribution < -0.4 is 0 Å². The number of hydrogen-bond donors (Lipinski definition) is 1. The molecule has 6 heteroatoms. The van der Waals surface area contributed by atoms with E-state index in [-0.39, 0.29) is 0 Å². The number of thioether (sulfide) groups is 1. The molecule has 5 nitrogen and oxygen atoms in total. The molecule has 0 spiro atoms. The van der Waals surface area contributed by atoms with Gasteiger partial charge in [-0.2, -0.15) is 11.8 Å². The molecule has 72 valence electrons. The molecule has 0 bridgehead atoms. The topological polar surface area (TPSA) is 68.0 Å². The lowest BCUT2D eigenvalue weighted by molar-refractivity contribution is -0.141. The zero-order chi connectivity index (χ0) is 9.68. The van der Waals surface area contributed by atoms with Crippen LogP contribution in [-0.4, -0.2) is 37.8 Å². The molecule has 1 aromatic heterocycles. The molecular weight excluding hydrogens is 190 g/mol. The third-order valence-corrected chi connectivity index (χ3v) is 2.32. The van der Waals surface area contributed by atoms with Gasteiger partial charge in [0.05, 0.1) is 0 Å². The molecule has 1 N–H and O–H groups in total. The number of nitrogens with zero attached hydrogens (tertiary/aromatic N) is 3. The number of carboxylic acid groups (broad SMARTS) is 1. The number of rotatable bonds is 5. The molecule has 0 aliphatic rings. The average molecular weight is 201 g/mol. The Morgan fingerprint density at radius 1 is 1.62 bits per heavy atom. The summed E-state index contributed by atoms with van der Waals surface area (Å²) in [4.78, 5) is 10.8. The van der Waals surface area contributed by atoms with Crippen LogP contribution in [0.3, 0.4) is 0 Å². The Morgan fingerprint density at radius 2 is 2.23 bits per heavy atom. The maximum Gasteiger partial charge on any atom is 0.326 e. The molecule has 0 aliphatic heterocycles. The first-order chi connectivity index (χ1) is 6.25. The zero-order valence-corrected chi connectivity index (χ0v) is 8.07. The van der Waals surface area contributed by atoms with Gasteiger partial charge < -0.3 is 9.67 Å². The summed E-state index contributed by atoms with van der Waals surface area (Å²) in [6.07, 6.45) is 5.40. The first kappa shape index (κ1) is 10.0. The normalized spacial score (nSPS) is 12.7. The summed E-state index contributed by atoms with van der Waals surface area (Å²) in [5, 5.41) is 16.0. The Labute approximate surface area is 80.2 Å². The number of carbonyl (C=O) groups is 1. The molecule has 0 amide bonds. The number of hydrogen-bond acceptors (Lipinski definition) is 4. The van der Waals surface area contributed by atoms with Gasteiger partial charge in [0.2, 0.25) is 0 Å². The standard InChI is InChI=1S/C7H11N3O2S/c1-13-3-2-6(7(11)12)10-4-8-9-5-10/h4-6H,2-3H2,1H3,(H,11,12). The molecule has 0 fully saturated rings. The lowest BCUT2D eigenvalue weighted by Crippen LogP contribution is -2.18. The fourth-order valence-electron chi connectivity index (χ4n) is 0.999. The molecule has 0 saturated heterocycles. The summed E-state index contributed by atoms with van der Waals surface area (Å²) in [5.74, 6) is -0.0244. The number of aliphatic carboxylic acids is 1. The highest BCUT2D eigenvalue weighted by molar-refractivity contribution is 7.98. The van der Waals surface area contributed by atoms with E-state index in [4.69, 9.17) is 5.11 Å². The van der Waals surface area contributed by atoms with E-state index in [1.54, 1.807) is 11.8 Å². The molecule has 1 aromatic rings. The van der Waals surface area contributed by atoms with Gasteiger partial charge in [-0.1, -0.05) is 0 Å². The van der Waals surface area contributed by atoms with Crippen molar-refractivity contribution in [3.8, 4) is 0 Å². The lowest BCUT2D eigenvalue weighted by Gasteiger charge is -2.11. The van der Waals surface area contributed by atoms with Crippen LogP contribution in [0.2, 0.25) is 0 Å². The minimum Gasteiger partial charge on any atom is -0.480 e. The van der Waals surface area contributed by atoms with Crippen molar-refractivity contribution >= 4 is 17.7 Å². The van der Waals surface area contributed by atoms with E-state index >= 15 is 0 Å². The molecule has 1 heterocycles. The van der Waals surface area contributed by atoms with Crippen molar-refractivity contribution in [3.63, 3.8) is 0 Å². The van der Waals surface area contributed by atoms with Crippen LogP contribution in [0.1, 0.15) is 12.5 Å². The van der Waals surface area contributed by atoms with Crippen molar-refractivity contribution in [2.75, 3.05) is 12.0 Å². The van der Waals surface area contributed by atoms with Crippen LogP contribution in [0.5, 0.6) is 0 Å². The maximum atomic E-state index is 10.8. The molecule has 0 radical (unpaired) electrons. The summed E-state index contributed by atoms with van der Waals surface area (Å²) >= 11 is 1.63.